The highest BCUT2D eigenvalue weighted by molar-refractivity contribution is 9.09. The Morgan fingerprint density at radius 1 is 1.44 bits per heavy atom. The van der Waals surface area contributed by atoms with E-state index in [-0.39, 0.29) is 0 Å². The molecule has 0 aromatic rings. The molecule has 0 heterocycles. The lowest BCUT2D eigenvalue weighted by Crippen LogP contribution is -2.13. The van der Waals surface area contributed by atoms with Crippen LogP contribution in [0.1, 0.15) is 19.8 Å². The van der Waals surface area contributed by atoms with E-state index in [0.29, 0.717) is 6.42 Å². The van der Waals surface area contributed by atoms with Crippen molar-refractivity contribution in [1.82, 2.24) is 0 Å². The van der Waals surface area contributed by atoms with Gasteiger partial charge in [-0.3, -0.25) is 0 Å². The Balaban J connectivity index is 3.47. The molecule has 0 nitrogen and oxygen atoms in total. The summed E-state index contributed by atoms with van der Waals surface area (Å²) in [6.07, 6.45) is -4.24. The van der Waals surface area contributed by atoms with E-state index >= 15 is 0 Å². The second-order valence-corrected chi connectivity index (χ2v) is 3.12. The number of rotatable bonds is 2. The number of hydrogen-bond donors (Lipinski definition) is 0. The molecule has 0 aliphatic heterocycles. The van der Waals surface area contributed by atoms with Gasteiger partial charge in [-0.15, -0.1) is 0 Å². The van der Waals surface area contributed by atoms with Crippen LogP contribution in [-0.4, -0.2) is 11.0 Å². The molecule has 0 aliphatic carbocycles. The van der Waals surface area contributed by atoms with Gasteiger partial charge >= 0.3 is 6.18 Å². The maximum absolute atomic E-state index is 11.5. The Labute approximate surface area is 60.6 Å². The van der Waals surface area contributed by atoms with Crippen molar-refractivity contribution in [2.24, 2.45) is 0 Å². The van der Waals surface area contributed by atoms with Gasteiger partial charge in [0.05, 0.1) is 6.42 Å². The van der Waals surface area contributed by atoms with Crippen molar-refractivity contribution < 1.29 is 13.2 Å². The Kier molecular flexibility index (Phi) is 3.54. The normalized spacial score (nSPS) is 15.7. The van der Waals surface area contributed by atoms with Gasteiger partial charge in [0.25, 0.3) is 0 Å². The average Bonchev–Trinajstić information content (AvgIpc) is 1.62. The molecule has 9 heavy (non-hydrogen) atoms. The van der Waals surface area contributed by atoms with Crippen molar-refractivity contribution in [3.8, 4) is 0 Å². The standard InChI is InChI=1S/C5H8BrF3/c1-2-4(6)3-5(7,8)9/h4H,2-3H2,1H3. The molecule has 0 bridgehead atoms. The lowest BCUT2D eigenvalue weighted by Gasteiger charge is -2.08. The zero-order chi connectivity index (χ0) is 7.49. The van der Waals surface area contributed by atoms with Gasteiger partial charge in [-0.1, -0.05) is 22.9 Å². The molecule has 0 spiro atoms. The molecule has 0 rings (SSSR count). The molecule has 1 atom stereocenters. The fraction of sp³-hybridized carbons (Fsp3) is 1.00. The predicted octanol–water partition coefficient (Wildman–Crippen LogP) is 3.11. The lowest BCUT2D eigenvalue weighted by atomic mass is 10.2. The van der Waals surface area contributed by atoms with Gasteiger partial charge in [-0.05, 0) is 6.42 Å². The third-order valence-corrected chi connectivity index (χ3v) is 1.87. The number of alkyl halides is 4. The van der Waals surface area contributed by atoms with Crippen LogP contribution in [0.5, 0.6) is 0 Å². The van der Waals surface area contributed by atoms with Gasteiger partial charge in [-0.25, -0.2) is 0 Å². The highest BCUT2D eigenvalue weighted by Crippen LogP contribution is 2.26. The quantitative estimate of drug-likeness (QED) is 0.607. The van der Waals surface area contributed by atoms with Gasteiger partial charge in [0.2, 0.25) is 0 Å². The summed E-state index contributed by atoms with van der Waals surface area (Å²) >= 11 is 2.89. The Bertz CT molecular complexity index is 78.8. The van der Waals surface area contributed by atoms with Gasteiger partial charge < -0.3 is 0 Å². The van der Waals surface area contributed by atoms with E-state index in [9.17, 15) is 13.2 Å². The third kappa shape index (κ3) is 6.15. The molecule has 0 N–H and O–H groups in total. The van der Waals surface area contributed by atoms with Gasteiger partial charge in [-0.2, -0.15) is 13.2 Å². The molecular formula is C5H8BrF3. The minimum atomic E-state index is -4.02. The van der Waals surface area contributed by atoms with Crippen LogP contribution >= 0.6 is 15.9 Å². The Morgan fingerprint density at radius 3 is 2.00 bits per heavy atom. The van der Waals surface area contributed by atoms with Crippen molar-refractivity contribution in [3.63, 3.8) is 0 Å². The van der Waals surface area contributed by atoms with E-state index in [1.54, 1.807) is 6.92 Å². The van der Waals surface area contributed by atoms with Gasteiger partial charge in [0.1, 0.15) is 0 Å². The molecule has 0 saturated carbocycles. The third-order valence-electron chi connectivity index (χ3n) is 0.896. The zero-order valence-corrected chi connectivity index (χ0v) is 6.59. The highest BCUT2D eigenvalue weighted by Gasteiger charge is 2.29. The summed E-state index contributed by atoms with van der Waals surface area (Å²) in [7, 11) is 0. The van der Waals surface area contributed by atoms with E-state index < -0.39 is 17.4 Å². The van der Waals surface area contributed by atoms with Crippen LogP contribution in [0, 0.1) is 0 Å². The van der Waals surface area contributed by atoms with Crippen molar-refractivity contribution in [2.75, 3.05) is 0 Å². The molecular weight excluding hydrogens is 197 g/mol. The van der Waals surface area contributed by atoms with Crippen LogP contribution in [0.25, 0.3) is 0 Å². The molecule has 0 radical (unpaired) electrons. The van der Waals surface area contributed by atoms with Crippen molar-refractivity contribution in [2.45, 2.75) is 30.8 Å². The van der Waals surface area contributed by atoms with Crippen molar-refractivity contribution >= 4 is 15.9 Å². The summed E-state index contributed by atoms with van der Waals surface area (Å²) in [5.74, 6) is 0. The molecule has 56 valence electrons. The summed E-state index contributed by atoms with van der Waals surface area (Å²) in [5, 5.41) is 0. The molecule has 0 aliphatic rings. The van der Waals surface area contributed by atoms with Crippen LogP contribution < -0.4 is 0 Å². The van der Waals surface area contributed by atoms with Crippen molar-refractivity contribution in [1.29, 1.82) is 0 Å². The summed E-state index contributed by atoms with van der Waals surface area (Å²) < 4.78 is 34.4. The van der Waals surface area contributed by atoms with Crippen LogP contribution in [-0.2, 0) is 0 Å². The van der Waals surface area contributed by atoms with E-state index in [2.05, 4.69) is 15.9 Å². The van der Waals surface area contributed by atoms with Crippen LogP contribution in [0.15, 0.2) is 0 Å². The topological polar surface area (TPSA) is 0 Å². The molecule has 0 fully saturated rings. The number of hydrogen-bond acceptors (Lipinski definition) is 0. The average molecular weight is 205 g/mol. The van der Waals surface area contributed by atoms with E-state index in [1.165, 1.54) is 0 Å². The van der Waals surface area contributed by atoms with Crippen LogP contribution in [0.3, 0.4) is 0 Å². The first-order chi connectivity index (χ1) is 3.95. The Hall–Kier alpha value is 0.270. The molecule has 0 aromatic carbocycles. The largest absolute Gasteiger partial charge is 0.390 e. The van der Waals surface area contributed by atoms with E-state index in [0.717, 1.165) is 0 Å². The first kappa shape index (κ1) is 9.27. The van der Waals surface area contributed by atoms with Crippen LogP contribution in [0.2, 0.25) is 0 Å². The fourth-order valence-corrected chi connectivity index (χ4v) is 0.763. The maximum atomic E-state index is 11.5. The number of halogens is 4. The lowest BCUT2D eigenvalue weighted by molar-refractivity contribution is -0.133. The first-order valence-corrected chi connectivity index (χ1v) is 3.58. The molecule has 0 amide bonds. The Morgan fingerprint density at radius 2 is 1.89 bits per heavy atom. The minimum Gasteiger partial charge on any atom is -0.171 e. The van der Waals surface area contributed by atoms with Gasteiger partial charge in [0.15, 0.2) is 0 Å². The van der Waals surface area contributed by atoms with E-state index in [1.807, 2.05) is 0 Å². The highest BCUT2D eigenvalue weighted by atomic mass is 79.9. The predicted molar refractivity (Wildman–Crippen MR) is 33.7 cm³/mol. The fourth-order valence-electron chi connectivity index (χ4n) is 0.395. The summed E-state index contributed by atoms with van der Waals surface area (Å²) in [6.45, 7) is 1.71. The molecule has 0 saturated heterocycles. The SMILES string of the molecule is CCC(Br)CC(F)(F)F. The molecule has 0 aromatic heterocycles. The maximum Gasteiger partial charge on any atom is 0.390 e. The van der Waals surface area contributed by atoms with Gasteiger partial charge in [0, 0.05) is 4.83 Å². The summed E-state index contributed by atoms with van der Waals surface area (Å²) in [6, 6.07) is 0. The van der Waals surface area contributed by atoms with Crippen LogP contribution in [0.4, 0.5) is 13.2 Å². The summed E-state index contributed by atoms with van der Waals surface area (Å²) in [5.41, 5.74) is 0. The molecule has 4 heteroatoms. The molecule has 1 unspecified atom stereocenters. The smallest absolute Gasteiger partial charge is 0.171 e. The second kappa shape index (κ2) is 3.44. The summed E-state index contributed by atoms with van der Waals surface area (Å²) in [4.78, 5) is -0.419. The van der Waals surface area contributed by atoms with Crippen molar-refractivity contribution in [3.05, 3.63) is 0 Å². The van der Waals surface area contributed by atoms with E-state index in [4.69, 9.17) is 0 Å². The minimum absolute atomic E-state index is 0.419. The monoisotopic (exact) mass is 204 g/mol. The first-order valence-electron chi connectivity index (χ1n) is 2.66. The zero-order valence-electron chi connectivity index (χ0n) is 5.00. The second-order valence-electron chi connectivity index (χ2n) is 1.82.